The van der Waals surface area contributed by atoms with Crippen molar-refractivity contribution in [3.05, 3.63) is 0 Å². The van der Waals surface area contributed by atoms with Crippen LogP contribution in [0.2, 0.25) is 0 Å². The Morgan fingerprint density at radius 2 is 2.00 bits per heavy atom. The molecule has 0 radical (unpaired) electrons. The molecule has 4 fully saturated rings. The van der Waals surface area contributed by atoms with Gasteiger partial charge in [0.15, 0.2) is 0 Å². The van der Waals surface area contributed by atoms with Crippen LogP contribution < -0.4 is 0 Å². The van der Waals surface area contributed by atoms with Crippen LogP contribution in [0.15, 0.2) is 0 Å². The van der Waals surface area contributed by atoms with E-state index in [-0.39, 0.29) is 23.5 Å². The molecule has 4 aliphatic carbocycles. The molecule has 66 valence electrons. The van der Waals surface area contributed by atoms with E-state index in [9.17, 15) is 9.18 Å². The van der Waals surface area contributed by atoms with Crippen LogP contribution in [-0.2, 0) is 4.79 Å². The molecule has 0 aromatic heterocycles. The molecule has 0 aliphatic heterocycles. The maximum absolute atomic E-state index is 13.5. The standard InChI is InChI=1S/C10H13FO/c11-9-6-1-5-2-7(4-6)10(12)8(9)3-5/h5-9H,1-4H2/t5?,6-,7+,8-,9-/m0/s1. The van der Waals surface area contributed by atoms with Crippen molar-refractivity contribution in [3.63, 3.8) is 0 Å². The van der Waals surface area contributed by atoms with Crippen LogP contribution in [0.5, 0.6) is 0 Å². The molecule has 0 heterocycles. The van der Waals surface area contributed by atoms with Gasteiger partial charge in [0.05, 0.1) is 0 Å². The molecule has 4 aliphatic rings. The zero-order valence-electron chi connectivity index (χ0n) is 7.00. The third-order valence-corrected chi connectivity index (χ3v) is 4.03. The number of carbonyl (C=O) groups is 1. The Hall–Kier alpha value is -0.400. The lowest BCUT2D eigenvalue weighted by Crippen LogP contribution is -2.52. The van der Waals surface area contributed by atoms with Gasteiger partial charge in [-0.1, -0.05) is 0 Å². The highest BCUT2D eigenvalue weighted by Crippen LogP contribution is 2.52. The van der Waals surface area contributed by atoms with E-state index in [4.69, 9.17) is 0 Å². The lowest BCUT2D eigenvalue weighted by Gasteiger charge is -2.50. The van der Waals surface area contributed by atoms with E-state index < -0.39 is 6.17 Å². The topological polar surface area (TPSA) is 17.1 Å². The molecule has 4 saturated carbocycles. The number of hydrogen-bond donors (Lipinski definition) is 0. The van der Waals surface area contributed by atoms with E-state index in [2.05, 4.69) is 0 Å². The summed E-state index contributed by atoms with van der Waals surface area (Å²) in [6, 6.07) is 0. The summed E-state index contributed by atoms with van der Waals surface area (Å²) in [7, 11) is 0. The van der Waals surface area contributed by atoms with Crippen molar-refractivity contribution >= 4 is 5.78 Å². The molecule has 0 spiro atoms. The second kappa shape index (κ2) is 2.09. The molecule has 4 bridgehead atoms. The molecule has 12 heavy (non-hydrogen) atoms. The third kappa shape index (κ3) is 0.711. The summed E-state index contributed by atoms with van der Waals surface area (Å²) < 4.78 is 13.5. The van der Waals surface area contributed by atoms with Crippen LogP contribution in [0, 0.1) is 23.7 Å². The molecule has 4 rings (SSSR count). The van der Waals surface area contributed by atoms with Gasteiger partial charge in [0, 0.05) is 11.8 Å². The summed E-state index contributed by atoms with van der Waals surface area (Å²) in [5, 5.41) is 0. The van der Waals surface area contributed by atoms with Gasteiger partial charge in [0.25, 0.3) is 0 Å². The smallest absolute Gasteiger partial charge is 0.141 e. The minimum absolute atomic E-state index is 0.193. The van der Waals surface area contributed by atoms with Gasteiger partial charge in [0.2, 0.25) is 0 Å². The number of hydrogen-bond acceptors (Lipinski definition) is 1. The maximum atomic E-state index is 13.5. The Bertz CT molecular complexity index is 238. The molecule has 0 aromatic rings. The number of Topliss-reactive ketones (excluding diaryl/α,β-unsaturated/α-hetero) is 1. The molecule has 0 aromatic carbocycles. The van der Waals surface area contributed by atoms with Crippen molar-refractivity contribution in [2.45, 2.75) is 31.9 Å². The Labute approximate surface area is 71.3 Å². The molecular weight excluding hydrogens is 155 g/mol. The van der Waals surface area contributed by atoms with Crippen molar-refractivity contribution in [1.82, 2.24) is 0 Å². The summed E-state index contributed by atoms with van der Waals surface area (Å²) >= 11 is 0. The average Bonchev–Trinajstić information content (AvgIpc) is 2.07. The number of rotatable bonds is 0. The average molecular weight is 168 g/mol. The SMILES string of the molecule is O=C1[C@@H]2CC3C[C@@H](C2)[C@H](F)[C@@H]1C3. The lowest BCUT2D eigenvalue weighted by molar-refractivity contribution is -0.147. The Morgan fingerprint density at radius 1 is 1.17 bits per heavy atom. The Kier molecular flexibility index (Phi) is 1.23. The fourth-order valence-corrected chi connectivity index (χ4v) is 3.56. The summed E-state index contributed by atoms with van der Waals surface area (Å²) in [6.45, 7) is 0. The highest BCUT2D eigenvalue weighted by atomic mass is 19.1. The molecule has 0 N–H and O–H groups in total. The second-order valence-electron chi connectivity index (χ2n) is 4.72. The summed E-state index contributed by atoms with van der Waals surface area (Å²) in [5.74, 6) is 1.23. The van der Waals surface area contributed by atoms with Crippen molar-refractivity contribution in [2.24, 2.45) is 23.7 Å². The van der Waals surface area contributed by atoms with E-state index in [0.29, 0.717) is 5.92 Å². The molecule has 2 heteroatoms. The van der Waals surface area contributed by atoms with Crippen molar-refractivity contribution in [1.29, 1.82) is 0 Å². The molecule has 0 saturated heterocycles. The highest BCUT2D eigenvalue weighted by molar-refractivity contribution is 5.86. The number of ketones is 1. The van der Waals surface area contributed by atoms with Gasteiger partial charge in [-0.15, -0.1) is 0 Å². The first-order chi connectivity index (χ1) is 5.75. The first kappa shape index (κ1) is 7.05. The molecular formula is C10H13FO. The Morgan fingerprint density at radius 3 is 2.83 bits per heavy atom. The summed E-state index contributed by atoms with van der Waals surface area (Å²) in [6.07, 6.45) is 3.05. The van der Waals surface area contributed by atoms with E-state index in [1.165, 1.54) is 0 Å². The van der Waals surface area contributed by atoms with Gasteiger partial charge >= 0.3 is 0 Å². The fraction of sp³-hybridized carbons (Fsp3) is 0.900. The van der Waals surface area contributed by atoms with Crippen LogP contribution in [-0.4, -0.2) is 12.0 Å². The zero-order valence-corrected chi connectivity index (χ0v) is 7.00. The first-order valence-electron chi connectivity index (χ1n) is 4.93. The minimum atomic E-state index is -0.787. The van der Waals surface area contributed by atoms with E-state index in [0.717, 1.165) is 25.7 Å². The maximum Gasteiger partial charge on any atom is 0.141 e. The molecule has 1 nitrogen and oxygen atoms in total. The van der Waals surface area contributed by atoms with Gasteiger partial charge in [0.1, 0.15) is 12.0 Å². The van der Waals surface area contributed by atoms with Crippen molar-refractivity contribution in [3.8, 4) is 0 Å². The zero-order chi connectivity index (χ0) is 8.29. The molecule has 1 unspecified atom stereocenters. The van der Waals surface area contributed by atoms with Gasteiger partial charge in [-0.25, -0.2) is 4.39 Å². The van der Waals surface area contributed by atoms with Crippen molar-refractivity contribution < 1.29 is 9.18 Å². The molecule has 0 amide bonds. The van der Waals surface area contributed by atoms with Crippen LogP contribution >= 0.6 is 0 Å². The van der Waals surface area contributed by atoms with Gasteiger partial charge < -0.3 is 0 Å². The van der Waals surface area contributed by atoms with Crippen LogP contribution in [0.25, 0.3) is 0 Å². The third-order valence-electron chi connectivity index (χ3n) is 4.03. The quantitative estimate of drug-likeness (QED) is 0.540. The monoisotopic (exact) mass is 168 g/mol. The van der Waals surface area contributed by atoms with E-state index in [1.54, 1.807) is 0 Å². The lowest BCUT2D eigenvalue weighted by atomic mass is 9.55. The minimum Gasteiger partial charge on any atom is -0.299 e. The molecule has 5 atom stereocenters. The largest absolute Gasteiger partial charge is 0.299 e. The van der Waals surface area contributed by atoms with Crippen LogP contribution in [0.1, 0.15) is 25.7 Å². The summed E-state index contributed by atoms with van der Waals surface area (Å²) in [5.41, 5.74) is 0. The second-order valence-corrected chi connectivity index (χ2v) is 4.72. The number of carbonyl (C=O) groups excluding carboxylic acids is 1. The van der Waals surface area contributed by atoms with Crippen LogP contribution in [0.3, 0.4) is 0 Å². The van der Waals surface area contributed by atoms with Gasteiger partial charge in [-0.3, -0.25) is 4.79 Å². The van der Waals surface area contributed by atoms with Crippen molar-refractivity contribution in [2.75, 3.05) is 0 Å². The van der Waals surface area contributed by atoms with E-state index >= 15 is 0 Å². The number of alkyl halides is 1. The van der Waals surface area contributed by atoms with Crippen LogP contribution in [0.4, 0.5) is 4.39 Å². The normalized spacial score (nSPS) is 56.4. The highest BCUT2D eigenvalue weighted by Gasteiger charge is 2.53. The predicted octanol–water partition coefficient (Wildman–Crippen LogP) is 1.96. The van der Waals surface area contributed by atoms with E-state index in [1.807, 2.05) is 0 Å². The Balaban J connectivity index is 1.98. The fourth-order valence-electron chi connectivity index (χ4n) is 3.56. The summed E-state index contributed by atoms with van der Waals surface area (Å²) in [4.78, 5) is 11.5. The number of halogens is 1. The van der Waals surface area contributed by atoms with Gasteiger partial charge in [-0.2, -0.15) is 0 Å². The van der Waals surface area contributed by atoms with Gasteiger partial charge in [-0.05, 0) is 37.5 Å². The predicted molar refractivity (Wildman–Crippen MR) is 42.3 cm³/mol. The first-order valence-corrected chi connectivity index (χ1v) is 4.93.